The summed E-state index contributed by atoms with van der Waals surface area (Å²) >= 11 is 1.36. The van der Waals surface area contributed by atoms with Gasteiger partial charge in [0, 0.05) is 16.7 Å². The normalized spacial score (nSPS) is 18.0. The molecule has 2 aromatic heterocycles. The first-order valence-corrected chi connectivity index (χ1v) is 13.3. The number of hydrogen-bond donors (Lipinski definition) is 3. The van der Waals surface area contributed by atoms with Crippen LogP contribution in [0.3, 0.4) is 0 Å². The van der Waals surface area contributed by atoms with Gasteiger partial charge in [-0.2, -0.15) is 13.2 Å². The summed E-state index contributed by atoms with van der Waals surface area (Å²) in [4.78, 5) is 33.8. The fraction of sp³-hybridized carbons (Fsp3) is 0.286. The molecular weight excluding hydrogens is 564 g/mol. The van der Waals surface area contributed by atoms with Crippen LogP contribution in [0.15, 0.2) is 48.5 Å². The van der Waals surface area contributed by atoms with Crippen molar-refractivity contribution in [3.05, 3.63) is 76.2 Å². The van der Waals surface area contributed by atoms with E-state index < -0.39 is 47.1 Å². The van der Waals surface area contributed by atoms with Crippen LogP contribution >= 0.6 is 11.3 Å². The van der Waals surface area contributed by atoms with Gasteiger partial charge in [0.25, 0.3) is 5.91 Å². The number of halogens is 4. The van der Waals surface area contributed by atoms with E-state index in [1.165, 1.54) is 42.5 Å². The summed E-state index contributed by atoms with van der Waals surface area (Å²) in [6.07, 6.45) is -4.63. The third kappa shape index (κ3) is 4.88. The minimum atomic E-state index is -5.32. The summed E-state index contributed by atoms with van der Waals surface area (Å²) in [6.45, 7) is 1.75. The van der Waals surface area contributed by atoms with Gasteiger partial charge >= 0.3 is 6.18 Å². The number of amides is 2. The van der Waals surface area contributed by atoms with E-state index in [-0.39, 0.29) is 34.7 Å². The lowest BCUT2D eigenvalue weighted by molar-refractivity contribution is -0.265. The second kappa shape index (κ2) is 10.1. The highest BCUT2D eigenvalue weighted by Crippen LogP contribution is 2.47. The Bertz CT molecular complexity index is 1670. The second-order valence-electron chi connectivity index (χ2n) is 9.91. The van der Waals surface area contributed by atoms with Gasteiger partial charge in [0.05, 0.1) is 27.5 Å². The van der Waals surface area contributed by atoms with E-state index in [0.717, 1.165) is 23.2 Å². The van der Waals surface area contributed by atoms with Crippen LogP contribution < -0.4 is 15.8 Å². The highest BCUT2D eigenvalue weighted by Gasteiger charge is 2.57. The minimum absolute atomic E-state index is 0.0143. The van der Waals surface area contributed by atoms with E-state index in [9.17, 15) is 32.3 Å². The molecule has 4 aromatic rings. The Morgan fingerprint density at radius 1 is 1.15 bits per heavy atom. The van der Waals surface area contributed by atoms with Crippen molar-refractivity contribution in [2.24, 2.45) is 5.73 Å². The Kier molecular flexibility index (Phi) is 6.98. The van der Waals surface area contributed by atoms with E-state index in [4.69, 9.17) is 10.5 Å². The number of alkyl halides is 3. The molecule has 13 heteroatoms. The average molecular weight is 589 g/mol. The maximum absolute atomic E-state index is 14.6. The van der Waals surface area contributed by atoms with Gasteiger partial charge in [-0.25, -0.2) is 14.4 Å². The molecule has 0 saturated heterocycles. The Labute approximate surface area is 235 Å². The van der Waals surface area contributed by atoms with Crippen LogP contribution in [-0.2, 0) is 22.2 Å². The van der Waals surface area contributed by atoms with Gasteiger partial charge in [0.2, 0.25) is 11.5 Å². The van der Waals surface area contributed by atoms with Gasteiger partial charge in [-0.05, 0) is 61.9 Å². The van der Waals surface area contributed by atoms with Crippen molar-refractivity contribution in [2.75, 3.05) is 13.2 Å². The molecule has 214 valence electrons. The zero-order chi connectivity index (χ0) is 29.7. The molecule has 5 rings (SSSR count). The zero-order valence-electron chi connectivity index (χ0n) is 21.8. The molecule has 2 amide bonds. The summed E-state index contributed by atoms with van der Waals surface area (Å²) in [5, 5.41) is 14.2. The lowest BCUT2D eigenvalue weighted by Crippen LogP contribution is -2.51. The van der Waals surface area contributed by atoms with Crippen molar-refractivity contribution >= 4 is 33.4 Å². The van der Waals surface area contributed by atoms with Crippen LogP contribution in [0.1, 0.15) is 40.5 Å². The molecule has 2 atom stereocenters. The second-order valence-corrected chi connectivity index (χ2v) is 11.0. The van der Waals surface area contributed by atoms with Crippen LogP contribution in [0.5, 0.6) is 5.75 Å². The van der Waals surface area contributed by atoms with E-state index >= 15 is 0 Å². The molecule has 0 radical (unpaired) electrons. The number of carbonyl (C=O) groups excluding carboxylic acids is 2. The monoisotopic (exact) mass is 588 g/mol. The number of aryl methyl sites for hydroxylation is 1. The van der Waals surface area contributed by atoms with Crippen molar-refractivity contribution in [3.63, 3.8) is 0 Å². The predicted octanol–water partition coefficient (Wildman–Crippen LogP) is 4.38. The van der Waals surface area contributed by atoms with E-state index in [1.807, 2.05) is 6.92 Å². The number of nitrogens with zero attached hydrogens (tertiary/aromatic N) is 2. The Hall–Kier alpha value is -4.10. The van der Waals surface area contributed by atoms with Crippen molar-refractivity contribution in [2.45, 2.75) is 37.5 Å². The van der Waals surface area contributed by atoms with Crippen molar-refractivity contribution in [3.8, 4) is 17.0 Å². The van der Waals surface area contributed by atoms with Crippen LogP contribution in [0, 0.1) is 5.82 Å². The van der Waals surface area contributed by atoms with Crippen LogP contribution in [-0.4, -0.2) is 46.2 Å². The molecule has 0 aliphatic carbocycles. The lowest BCUT2D eigenvalue weighted by atomic mass is 9.81. The molecular formula is C28H24F4N4O4S. The molecule has 0 spiro atoms. The Morgan fingerprint density at radius 2 is 1.85 bits per heavy atom. The number of fused-ring (bicyclic) bond motifs is 2. The van der Waals surface area contributed by atoms with Crippen LogP contribution in [0.2, 0.25) is 0 Å². The van der Waals surface area contributed by atoms with Gasteiger partial charge < -0.3 is 20.9 Å². The molecule has 1 aliphatic heterocycles. The summed E-state index contributed by atoms with van der Waals surface area (Å²) in [5.41, 5.74) is 0.196. The van der Waals surface area contributed by atoms with E-state index in [2.05, 4.69) is 15.3 Å². The maximum Gasteiger partial charge on any atom is 0.424 e. The topological polar surface area (TPSA) is 127 Å². The molecule has 1 aliphatic rings. The van der Waals surface area contributed by atoms with Crippen LogP contribution in [0.25, 0.3) is 21.5 Å². The van der Waals surface area contributed by atoms with Gasteiger partial charge in [-0.1, -0.05) is 6.92 Å². The summed E-state index contributed by atoms with van der Waals surface area (Å²) in [6, 6.07) is 10.2. The third-order valence-corrected chi connectivity index (χ3v) is 8.29. The quantitative estimate of drug-likeness (QED) is 0.275. The summed E-state index contributed by atoms with van der Waals surface area (Å²) in [7, 11) is 0. The van der Waals surface area contributed by atoms with E-state index in [0.29, 0.717) is 16.6 Å². The zero-order valence-corrected chi connectivity index (χ0v) is 22.6. The molecule has 0 fully saturated rings. The Balaban J connectivity index is 1.57. The maximum atomic E-state index is 14.6. The number of nitrogens with two attached hydrogens (primary N) is 1. The number of aliphatic hydroxyl groups is 1. The molecule has 0 bridgehead atoms. The van der Waals surface area contributed by atoms with Crippen molar-refractivity contribution < 1.29 is 37.0 Å². The number of thiazole rings is 1. The number of hydrogen-bond acceptors (Lipinski definition) is 7. The molecule has 4 N–H and O–H groups in total. The standard InChI is InChI=1S/C28H24F4N4O4S/c1-3-21-35-18-9-6-15(10-19(18)41-21)24(37)34-12-27(39,28(30,31)32)20-11-17-23(40-13-26(17,2)25(33)38)22(36-20)14-4-7-16(29)8-5-14/h4-11,39H,3,12-13H2,1-2H3,(H2,33,38)(H,34,37)/t26-,27-/m0/s1. The van der Waals surface area contributed by atoms with Crippen molar-refractivity contribution in [1.82, 2.24) is 15.3 Å². The lowest BCUT2D eigenvalue weighted by Gasteiger charge is -2.31. The number of primary amides is 1. The Morgan fingerprint density at radius 3 is 2.49 bits per heavy atom. The average Bonchev–Trinajstić information content (AvgIpc) is 3.52. The number of nitrogens with one attached hydrogen (secondary N) is 1. The third-order valence-electron chi connectivity index (χ3n) is 7.13. The molecule has 41 heavy (non-hydrogen) atoms. The first-order chi connectivity index (χ1) is 19.3. The number of ether oxygens (including phenoxy) is 1. The fourth-order valence-electron chi connectivity index (χ4n) is 4.51. The highest BCUT2D eigenvalue weighted by atomic mass is 32.1. The highest BCUT2D eigenvalue weighted by molar-refractivity contribution is 7.18. The number of rotatable bonds is 7. The fourth-order valence-corrected chi connectivity index (χ4v) is 5.46. The van der Waals surface area contributed by atoms with Gasteiger partial charge in [0.15, 0.2) is 0 Å². The SMILES string of the molecule is CCc1nc2ccc(C(=O)NC[C@](O)(c3cc4c(c(-c5ccc(F)cc5)n3)OC[C@]4(C)C(N)=O)C(F)(F)F)cc2s1. The van der Waals surface area contributed by atoms with Crippen LogP contribution in [0.4, 0.5) is 17.6 Å². The van der Waals surface area contributed by atoms with Gasteiger partial charge in [-0.15, -0.1) is 11.3 Å². The number of aromatic nitrogens is 2. The summed E-state index contributed by atoms with van der Waals surface area (Å²) < 4.78 is 63.6. The smallest absolute Gasteiger partial charge is 0.424 e. The number of carbonyl (C=O) groups is 2. The van der Waals surface area contributed by atoms with Gasteiger partial charge in [0.1, 0.15) is 29.3 Å². The minimum Gasteiger partial charge on any atom is -0.489 e. The van der Waals surface area contributed by atoms with Crippen molar-refractivity contribution in [1.29, 1.82) is 0 Å². The summed E-state index contributed by atoms with van der Waals surface area (Å²) in [5.74, 6) is -2.33. The predicted molar refractivity (Wildman–Crippen MR) is 143 cm³/mol. The van der Waals surface area contributed by atoms with E-state index in [1.54, 1.807) is 6.07 Å². The number of benzene rings is 2. The largest absolute Gasteiger partial charge is 0.489 e. The first-order valence-electron chi connectivity index (χ1n) is 12.5. The molecule has 3 heterocycles. The first kappa shape index (κ1) is 28.4. The molecule has 0 saturated carbocycles. The number of pyridine rings is 1. The van der Waals surface area contributed by atoms with Gasteiger partial charge in [-0.3, -0.25) is 9.59 Å². The molecule has 0 unspecified atom stereocenters. The molecule has 8 nitrogen and oxygen atoms in total. The molecule has 2 aromatic carbocycles.